The lowest BCUT2D eigenvalue weighted by molar-refractivity contribution is 0.0963. The highest BCUT2D eigenvalue weighted by molar-refractivity contribution is 5.94. The van der Waals surface area contributed by atoms with E-state index in [1.54, 1.807) is 7.05 Å². The number of rotatable bonds is 5. The SMILES string of the molecule is CCNC(=NCc1cccc(C(=O)NC)c1)N1CCC(C)C(n2ccnc2)C1. The number of imidazole rings is 1. The van der Waals surface area contributed by atoms with Crippen LogP contribution < -0.4 is 10.6 Å². The summed E-state index contributed by atoms with van der Waals surface area (Å²) in [5.41, 5.74) is 1.68. The maximum absolute atomic E-state index is 11.9. The van der Waals surface area contributed by atoms with Gasteiger partial charge in [0.25, 0.3) is 5.91 Å². The van der Waals surface area contributed by atoms with Gasteiger partial charge in [0.2, 0.25) is 0 Å². The maximum Gasteiger partial charge on any atom is 0.251 e. The first kappa shape index (κ1) is 19.9. The van der Waals surface area contributed by atoms with Crippen LogP contribution in [0.15, 0.2) is 48.0 Å². The summed E-state index contributed by atoms with van der Waals surface area (Å²) in [5, 5.41) is 6.09. The summed E-state index contributed by atoms with van der Waals surface area (Å²) in [4.78, 5) is 23.2. The van der Waals surface area contributed by atoms with Gasteiger partial charge in [0.05, 0.1) is 18.9 Å². The summed E-state index contributed by atoms with van der Waals surface area (Å²) >= 11 is 0. The molecule has 2 atom stereocenters. The Bertz CT molecular complexity index is 801. The first-order chi connectivity index (χ1) is 13.6. The summed E-state index contributed by atoms with van der Waals surface area (Å²) in [6.07, 6.45) is 6.89. The molecule has 2 unspecified atom stereocenters. The largest absolute Gasteiger partial charge is 0.357 e. The van der Waals surface area contributed by atoms with Gasteiger partial charge in [-0.1, -0.05) is 19.1 Å². The van der Waals surface area contributed by atoms with E-state index in [9.17, 15) is 4.79 Å². The van der Waals surface area contributed by atoms with E-state index in [-0.39, 0.29) is 5.91 Å². The van der Waals surface area contributed by atoms with Gasteiger partial charge in [-0.05, 0) is 37.0 Å². The second-order valence-electron chi connectivity index (χ2n) is 7.24. The molecule has 28 heavy (non-hydrogen) atoms. The molecule has 2 aromatic rings. The van der Waals surface area contributed by atoms with Crippen molar-refractivity contribution < 1.29 is 4.79 Å². The second kappa shape index (κ2) is 9.39. The molecule has 0 spiro atoms. The van der Waals surface area contributed by atoms with E-state index < -0.39 is 0 Å². The molecule has 3 rings (SSSR count). The van der Waals surface area contributed by atoms with Gasteiger partial charge in [0.15, 0.2) is 5.96 Å². The molecule has 1 fully saturated rings. The Labute approximate surface area is 166 Å². The lowest BCUT2D eigenvalue weighted by Gasteiger charge is -2.39. The number of nitrogens with one attached hydrogen (secondary N) is 2. The minimum absolute atomic E-state index is 0.0778. The average molecular weight is 383 g/mol. The van der Waals surface area contributed by atoms with Crippen molar-refractivity contribution in [3.05, 3.63) is 54.1 Å². The van der Waals surface area contributed by atoms with Crippen molar-refractivity contribution in [1.29, 1.82) is 0 Å². The van der Waals surface area contributed by atoms with E-state index in [0.717, 1.165) is 37.6 Å². The molecular formula is C21H30N6O. The number of carbonyl (C=O) groups excluding carboxylic acids is 1. The molecule has 7 nitrogen and oxygen atoms in total. The topological polar surface area (TPSA) is 74.6 Å². The zero-order chi connectivity index (χ0) is 19.9. The number of piperidine rings is 1. The van der Waals surface area contributed by atoms with E-state index >= 15 is 0 Å². The van der Waals surface area contributed by atoms with Gasteiger partial charge in [-0.25, -0.2) is 9.98 Å². The lowest BCUT2D eigenvalue weighted by atomic mass is 9.93. The Morgan fingerprint density at radius 1 is 1.39 bits per heavy atom. The highest BCUT2D eigenvalue weighted by Crippen LogP contribution is 2.27. The third-order valence-electron chi connectivity index (χ3n) is 5.29. The van der Waals surface area contributed by atoms with E-state index in [0.29, 0.717) is 24.1 Å². The highest BCUT2D eigenvalue weighted by Gasteiger charge is 2.28. The van der Waals surface area contributed by atoms with Gasteiger partial charge in [-0.3, -0.25) is 4.79 Å². The molecule has 1 aromatic carbocycles. The molecule has 1 amide bonds. The quantitative estimate of drug-likeness (QED) is 0.615. The van der Waals surface area contributed by atoms with Crippen LogP contribution in [0.4, 0.5) is 0 Å². The van der Waals surface area contributed by atoms with Crippen LogP contribution >= 0.6 is 0 Å². The van der Waals surface area contributed by atoms with Gasteiger partial charge in [-0.15, -0.1) is 0 Å². The third-order valence-corrected chi connectivity index (χ3v) is 5.29. The number of benzene rings is 1. The van der Waals surface area contributed by atoms with Crippen molar-refractivity contribution in [1.82, 2.24) is 25.1 Å². The Morgan fingerprint density at radius 2 is 2.25 bits per heavy atom. The molecule has 1 aliphatic rings. The Morgan fingerprint density at radius 3 is 2.96 bits per heavy atom. The van der Waals surface area contributed by atoms with Gasteiger partial charge in [-0.2, -0.15) is 0 Å². The van der Waals surface area contributed by atoms with Crippen LogP contribution in [-0.4, -0.2) is 53.0 Å². The molecule has 7 heteroatoms. The number of nitrogens with zero attached hydrogens (tertiary/aromatic N) is 4. The number of likely N-dealkylation sites (tertiary alicyclic amines) is 1. The third kappa shape index (κ3) is 4.71. The number of amides is 1. The van der Waals surface area contributed by atoms with Crippen molar-refractivity contribution in [3.63, 3.8) is 0 Å². The first-order valence-corrected chi connectivity index (χ1v) is 9.94. The van der Waals surface area contributed by atoms with Gasteiger partial charge in [0.1, 0.15) is 0 Å². The molecule has 0 bridgehead atoms. The van der Waals surface area contributed by atoms with Crippen LogP contribution in [0, 0.1) is 5.92 Å². The van der Waals surface area contributed by atoms with Crippen molar-refractivity contribution in [2.45, 2.75) is 32.9 Å². The van der Waals surface area contributed by atoms with Crippen LogP contribution in [0.5, 0.6) is 0 Å². The predicted octanol–water partition coefficient (Wildman–Crippen LogP) is 2.29. The van der Waals surface area contributed by atoms with Crippen molar-refractivity contribution >= 4 is 11.9 Å². The van der Waals surface area contributed by atoms with Crippen LogP contribution in [0.25, 0.3) is 0 Å². The molecule has 0 saturated carbocycles. The zero-order valence-electron chi connectivity index (χ0n) is 16.9. The Balaban J connectivity index is 1.74. The number of aromatic nitrogens is 2. The Kier molecular flexibility index (Phi) is 6.68. The second-order valence-corrected chi connectivity index (χ2v) is 7.24. The molecule has 1 aromatic heterocycles. The number of hydrogen-bond donors (Lipinski definition) is 2. The van der Waals surface area contributed by atoms with Crippen LogP contribution in [-0.2, 0) is 6.54 Å². The normalized spacial score (nSPS) is 20.1. The van der Waals surface area contributed by atoms with E-state index in [4.69, 9.17) is 4.99 Å². The van der Waals surface area contributed by atoms with Crippen LogP contribution in [0.1, 0.15) is 42.2 Å². The highest BCUT2D eigenvalue weighted by atomic mass is 16.1. The standard InChI is InChI=1S/C21H30N6O/c1-4-24-21(25-13-17-6-5-7-18(12-17)20(28)22-3)26-10-8-16(2)19(14-26)27-11-9-23-15-27/h5-7,9,11-12,15-16,19H,4,8,10,13-14H2,1-3H3,(H,22,28)(H,24,25). The minimum atomic E-state index is -0.0778. The first-order valence-electron chi connectivity index (χ1n) is 9.94. The van der Waals surface area contributed by atoms with Crippen molar-refractivity contribution in [3.8, 4) is 0 Å². The molecule has 0 aliphatic carbocycles. The number of carbonyl (C=O) groups is 1. The molecule has 2 N–H and O–H groups in total. The molecule has 150 valence electrons. The summed E-state index contributed by atoms with van der Waals surface area (Å²) in [6, 6.07) is 8.01. The van der Waals surface area contributed by atoms with Crippen molar-refractivity contribution in [2.75, 3.05) is 26.7 Å². The van der Waals surface area contributed by atoms with Crippen LogP contribution in [0.3, 0.4) is 0 Å². The van der Waals surface area contributed by atoms with Gasteiger partial charge in [0, 0.05) is 44.6 Å². The summed E-state index contributed by atoms with van der Waals surface area (Å²) < 4.78 is 2.20. The fourth-order valence-electron chi connectivity index (χ4n) is 3.64. The number of hydrogen-bond acceptors (Lipinski definition) is 3. The summed E-state index contributed by atoms with van der Waals surface area (Å²) in [6.45, 7) is 7.63. The van der Waals surface area contributed by atoms with Crippen molar-refractivity contribution in [2.24, 2.45) is 10.9 Å². The Hall–Kier alpha value is -2.83. The van der Waals surface area contributed by atoms with Gasteiger partial charge < -0.3 is 20.1 Å². The zero-order valence-corrected chi connectivity index (χ0v) is 16.9. The fourth-order valence-corrected chi connectivity index (χ4v) is 3.64. The molecular weight excluding hydrogens is 352 g/mol. The lowest BCUT2D eigenvalue weighted by Crippen LogP contribution is -2.49. The average Bonchev–Trinajstić information content (AvgIpc) is 3.26. The molecule has 0 radical (unpaired) electrons. The maximum atomic E-state index is 11.9. The van der Waals surface area contributed by atoms with E-state index in [1.807, 2.05) is 43.0 Å². The molecule has 1 saturated heterocycles. The number of guanidine groups is 1. The number of aliphatic imine (C=N–C) groups is 1. The van der Waals surface area contributed by atoms with E-state index in [1.165, 1.54) is 0 Å². The monoisotopic (exact) mass is 382 g/mol. The molecule has 1 aliphatic heterocycles. The fraction of sp³-hybridized carbons (Fsp3) is 0.476. The predicted molar refractivity (Wildman–Crippen MR) is 111 cm³/mol. The van der Waals surface area contributed by atoms with E-state index in [2.05, 4.69) is 38.9 Å². The summed E-state index contributed by atoms with van der Waals surface area (Å²) in [7, 11) is 1.64. The van der Waals surface area contributed by atoms with Crippen LogP contribution in [0.2, 0.25) is 0 Å². The molecule has 2 heterocycles. The summed E-state index contributed by atoms with van der Waals surface area (Å²) in [5.74, 6) is 1.44. The minimum Gasteiger partial charge on any atom is -0.357 e. The smallest absolute Gasteiger partial charge is 0.251 e. The van der Waals surface area contributed by atoms with Gasteiger partial charge >= 0.3 is 0 Å².